The van der Waals surface area contributed by atoms with Gasteiger partial charge in [-0.05, 0) is 39.0 Å². The van der Waals surface area contributed by atoms with Crippen molar-refractivity contribution in [2.45, 2.75) is 26.4 Å². The normalized spacial score (nSPS) is 10.3. The molecule has 0 aliphatic heterocycles. The number of carbonyl (C=O) groups excluding carboxylic acids is 1. The Hall–Kier alpha value is -1.86. The summed E-state index contributed by atoms with van der Waals surface area (Å²) >= 11 is 5.77. The van der Waals surface area contributed by atoms with E-state index in [1.54, 1.807) is 26.8 Å². The number of hydrogen-bond donors (Lipinski definition) is 2. The summed E-state index contributed by atoms with van der Waals surface area (Å²) in [7, 11) is 0. The number of amides is 1. The van der Waals surface area contributed by atoms with Gasteiger partial charge in [0, 0.05) is 10.6 Å². The van der Waals surface area contributed by atoms with E-state index in [9.17, 15) is 9.90 Å². The van der Waals surface area contributed by atoms with Crippen LogP contribution in [0.4, 0.5) is 4.79 Å². The maximum absolute atomic E-state index is 11.3. The minimum absolute atomic E-state index is 0.0527. The molecule has 4 nitrogen and oxygen atoms in total. The molecule has 1 rings (SSSR count). The number of phenolic OH excluding ortho intramolecular Hbond substituents is 1. The van der Waals surface area contributed by atoms with Crippen LogP contribution in [0.5, 0.6) is 5.75 Å². The Morgan fingerprint density at radius 2 is 2.11 bits per heavy atom. The van der Waals surface area contributed by atoms with Crippen molar-refractivity contribution in [2.24, 2.45) is 0 Å². The maximum atomic E-state index is 11.3. The Kier molecular flexibility index (Phi) is 5.08. The predicted molar refractivity (Wildman–Crippen MR) is 74.2 cm³/mol. The van der Waals surface area contributed by atoms with Gasteiger partial charge >= 0.3 is 6.09 Å². The van der Waals surface area contributed by atoms with Crippen LogP contribution in [0, 0.1) is 11.8 Å². The number of hydrogen-bond acceptors (Lipinski definition) is 3. The van der Waals surface area contributed by atoms with Gasteiger partial charge in [-0.2, -0.15) is 0 Å². The second-order valence-electron chi connectivity index (χ2n) is 4.86. The highest BCUT2D eigenvalue weighted by Crippen LogP contribution is 2.18. The summed E-state index contributed by atoms with van der Waals surface area (Å²) in [5, 5.41) is 12.2. The van der Waals surface area contributed by atoms with E-state index in [1.165, 1.54) is 12.1 Å². The summed E-state index contributed by atoms with van der Waals surface area (Å²) < 4.78 is 5.05. The van der Waals surface area contributed by atoms with E-state index in [4.69, 9.17) is 16.3 Å². The van der Waals surface area contributed by atoms with Gasteiger partial charge in [0.2, 0.25) is 0 Å². The standard InChI is InChI=1S/C14H16ClNO3/c1-14(2,3)19-13(18)16-6-4-5-10-7-11(15)9-12(17)8-10/h7-9,17H,6H2,1-3H3,(H,16,18). The van der Waals surface area contributed by atoms with Crippen molar-refractivity contribution in [2.75, 3.05) is 6.54 Å². The fourth-order valence-corrected chi connectivity index (χ4v) is 1.45. The molecule has 0 saturated heterocycles. The molecule has 0 aromatic heterocycles. The molecule has 2 N–H and O–H groups in total. The molecule has 19 heavy (non-hydrogen) atoms. The molecule has 0 aliphatic rings. The summed E-state index contributed by atoms with van der Waals surface area (Å²) in [6.07, 6.45) is -0.518. The van der Waals surface area contributed by atoms with Crippen molar-refractivity contribution in [3.05, 3.63) is 28.8 Å². The third-order valence-corrected chi connectivity index (χ3v) is 2.05. The smallest absolute Gasteiger partial charge is 0.408 e. The lowest BCUT2D eigenvalue weighted by Crippen LogP contribution is -2.32. The highest BCUT2D eigenvalue weighted by atomic mass is 35.5. The molecule has 0 unspecified atom stereocenters. The lowest BCUT2D eigenvalue weighted by Gasteiger charge is -2.18. The Morgan fingerprint density at radius 3 is 2.68 bits per heavy atom. The van der Waals surface area contributed by atoms with Crippen molar-refractivity contribution in [3.63, 3.8) is 0 Å². The van der Waals surface area contributed by atoms with Crippen LogP contribution in [0.15, 0.2) is 18.2 Å². The first-order valence-corrected chi connectivity index (χ1v) is 6.09. The summed E-state index contributed by atoms with van der Waals surface area (Å²) in [5.74, 6) is 5.57. The molecule has 0 spiro atoms. The molecule has 0 radical (unpaired) electrons. The van der Waals surface area contributed by atoms with Gasteiger partial charge in [-0.1, -0.05) is 23.4 Å². The summed E-state index contributed by atoms with van der Waals surface area (Å²) in [4.78, 5) is 11.3. The van der Waals surface area contributed by atoms with Crippen LogP contribution in [0.2, 0.25) is 5.02 Å². The molecule has 0 saturated carbocycles. The van der Waals surface area contributed by atoms with Gasteiger partial charge in [-0.25, -0.2) is 4.79 Å². The SMILES string of the molecule is CC(C)(C)OC(=O)NCC#Cc1cc(O)cc(Cl)c1. The molecule has 0 bridgehead atoms. The van der Waals surface area contributed by atoms with Crippen molar-refractivity contribution in [1.29, 1.82) is 0 Å². The third kappa shape index (κ3) is 6.58. The van der Waals surface area contributed by atoms with Gasteiger partial charge in [-0.15, -0.1) is 0 Å². The minimum atomic E-state index is -0.531. The number of aromatic hydroxyl groups is 1. The average Bonchev–Trinajstić information content (AvgIpc) is 2.20. The number of nitrogens with one attached hydrogen (secondary N) is 1. The molecule has 0 atom stereocenters. The Bertz CT molecular complexity index is 503. The van der Waals surface area contributed by atoms with E-state index < -0.39 is 11.7 Å². The van der Waals surface area contributed by atoms with Crippen LogP contribution < -0.4 is 5.32 Å². The second-order valence-corrected chi connectivity index (χ2v) is 5.29. The predicted octanol–water partition coefficient (Wildman–Crippen LogP) is 2.92. The fraction of sp³-hybridized carbons (Fsp3) is 0.357. The van der Waals surface area contributed by atoms with Gasteiger partial charge in [0.25, 0.3) is 0 Å². The molecular weight excluding hydrogens is 266 g/mol. The van der Waals surface area contributed by atoms with Crippen LogP contribution in [-0.2, 0) is 4.74 Å². The number of rotatable bonds is 1. The number of ether oxygens (including phenoxy) is 1. The summed E-state index contributed by atoms with van der Waals surface area (Å²) in [6.45, 7) is 5.51. The maximum Gasteiger partial charge on any atom is 0.408 e. The van der Waals surface area contributed by atoms with Crippen molar-refractivity contribution >= 4 is 17.7 Å². The largest absolute Gasteiger partial charge is 0.508 e. The zero-order valence-corrected chi connectivity index (χ0v) is 11.8. The zero-order valence-electron chi connectivity index (χ0n) is 11.1. The van der Waals surface area contributed by atoms with Gasteiger partial charge in [-0.3, -0.25) is 0 Å². The first-order valence-electron chi connectivity index (χ1n) is 5.71. The van der Waals surface area contributed by atoms with Crippen LogP contribution in [0.3, 0.4) is 0 Å². The Labute approximate surface area is 117 Å². The van der Waals surface area contributed by atoms with E-state index >= 15 is 0 Å². The second kappa shape index (κ2) is 6.35. The van der Waals surface area contributed by atoms with Crippen LogP contribution in [-0.4, -0.2) is 23.3 Å². The molecule has 5 heteroatoms. The van der Waals surface area contributed by atoms with E-state index in [0.29, 0.717) is 10.6 Å². The lowest BCUT2D eigenvalue weighted by atomic mass is 10.2. The van der Waals surface area contributed by atoms with Gasteiger partial charge < -0.3 is 15.2 Å². The fourth-order valence-electron chi connectivity index (χ4n) is 1.22. The van der Waals surface area contributed by atoms with Crippen LogP contribution in [0.25, 0.3) is 0 Å². The number of alkyl carbamates (subject to hydrolysis) is 1. The van der Waals surface area contributed by atoms with E-state index in [2.05, 4.69) is 17.2 Å². The summed E-state index contributed by atoms with van der Waals surface area (Å²) in [6, 6.07) is 4.54. The highest BCUT2D eigenvalue weighted by Gasteiger charge is 2.14. The van der Waals surface area contributed by atoms with E-state index in [0.717, 1.165) is 0 Å². The summed E-state index contributed by atoms with van der Waals surface area (Å²) in [5.41, 5.74) is 0.0481. The highest BCUT2D eigenvalue weighted by molar-refractivity contribution is 6.30. The molecule has 0 heterocycles. The molecule has 1 aromatic rings. The first-order chi connectivity index (χ1) is 8.76. The van der Waals surface area contributed by atoms with Gasteiger partial charge in [0.1, 0.15) is 11.4 Å². The topological polar surface area (TPSA) is 58.6 Å². The zero-order chi connectivity index (χ0) is 14.5. The molecule has 0 fully saturated rings. The quantitative estimate of drug-likeness (QED) is 0.778. The Morgan fingerprint density at radius 1 is 1.42 bits per heavy atom. The van der Waals surface area contributed by atoms with Gasteiger partial charge in [0.15, 0.2) is 0 Å². The monoisotopic (exact) mass is 281 g/mol. The molecule has 1 amide bonds. The molecular formula is C14H16ClNO3. The van der Waals surface area contributed by atoms with Crippen LogP contribution >= 0.6 is 11.6 Å². The Balaban J connectivity index is 2.50. The lowest BCUT2D eigenvalue weighted by molar-refractivity contribution is 0.0535. The number of benzene rings is 1. The number of phenols is 1. The minimum Gasteiger partial charge on any atom is -0.508 e. The third-order valence-electron chi connectivity index (χ3n) is 1.84. The number of halogens is 1. The first kappa shape index (κ1) is 15.2. The van der Waals surface area contributed by atoms with Crippen molar-refractivity contribution in [3.8, 4) is 17.6 Å². The van der Waals surface area contributed by atoms with Crippen molar-refractivity contribution < 1.29 is 14.6 Å². The van der Waals surface area contributed by atoms with E-state index in [-0.39, 0.29) is 12.3 Å². The van der Waals surface area contributed by atoms with Crippen LogP contribution in [0.1, 0.15) is 26.3 Å². The molecule has 102 valence electrons. The van der Waals surface area contributed by atoms with Crippen molar-refractivity contribution in [1.82, 2.24) is 5.32 Å². The van der Waals surface area contributed by atoms with E-state index in [1.807, 2.05) is 0 Å². The number of carbonyl (C=O) groups is 1. The average molecular weight is 282 g/mol. The van der Waals surface area contributed by atoms with Gasteiger partial charge in [0.05, 0.1) is 6.54 Å². The molecule has 0 aliphatic carbocycles. The molecule has 1 aromatic carbocycles.